The molecule has 63 valence electrons. The van der Waals surface area contributed by atoms with Crippen LogP contribution in [0.2, 0.25) is 5.02 Å². The summed E-state index contributed by atoms with van der Waals surface area (Å²) in [7, 11) is 0. The molecule has 1 aromatic rings. The molecule has 5 heteroatoms. The Morgan fingerprint density at radius 3 is 2.75 bits per heavy atom. The fourth-order valence-corrected chi connectivity index (χ4v) is 0.967. The number of nitro groups is 1. The predicted octanol–water partition coefficient (Wildman–Crippen LogP) is 2.06. The van der Waals surface area contributed by atoms with Crippen LogP contribution in [0, 0.1) is 23.1 Å². The molecule has 0 fully saturated rings. The molecule has 0 bridgehead atoms. The van der Waals surface area contributed by atoms with Crippen molar-refractivity contribution >= 4 is 17.3 Å². The zero-order chi connectivity index (χ0) is 9.30. The summed E-state index contributed by atoms with van der Waals surface area (Å²) in [6.45, 7) is 1.47. The lowest BCUT2D eigenvalue weighted by molar-refractivity contribution is -0.386. The van der Waals surface area contributed by atoms with E-state index in [-0.39, 0.29) is 16.3 Å². The molecule has 0 aromatic heterocycles. The van der Waals surface area contributed by atoms with Gasteiger partial charge in [0, 0.05) is 11.6 Å². The quantitative estimate of drug-likeness (QED) is 0.539. The maximum absolute atomic E-state index is 10.4. The lowest BCUT2D eigenvalue weighted by atomic mass is 10.2. The van der Waals surface area contributed by atoms with Crippen LogP contribution in [0.5, 0.6) is 5.75 Å². The molecule has 0 unspecified atom stereocenters. The van der Waals surface area contributed by atoms with Crippen molar-refractivity contribution in [3.05, 3.63) is 32.8 Å². The second-order valence-electron chi connectivity index (χ2n) is 2.22. The van der Waals surface area contributed by atoms with Gasteiger partial charge >= 0.3 is 5.69 Å². The van der Waals surface area contributed by atoms with Gasteiger partial charge in [0.1, 0.15) is 0 Å². The lowest BCUT2D eigenvalue weighted by Crippen LogP contribution is -1.92. The highest BCUT2D eigenvalue weighted by Crippen LogP contribution is 2.33. The summed E-state index contributed by atoms with van der Waals surface area (Å²) in [5, 5.41) is 19.6. The van der Waals surface area contributed by atoms with Gasteiger partial charge in [-0.2, -0.15) is 0 Å². The van der Waals surface area contributed by atoms with Gasteiger partial charge in [0.15, 0.2) is 0 Å². The molecule has 0 aliphatic carbocycles. The fourth-order valence-electron chi connectivity index (χ4n) is 0.822. The van der Waals surface area contributed by atoms with Crippen LogP contribution in [-0.2, 0) is 0 Å². The monoisotopic (exact) mass is 186 g/mol. The second kappa shape index (κ2) is 2.98. The average Bonchev–Trinajstić information content (AvgIpc) is 1.97. The van der Waals surface area contributed by atoms with E-state index in [1.54, 1.807) is 0 Å². The minimum absolute atomic E-state index is 0.222. The first kappa shape index (κ1) is 8.80. The van der Waals surface area contributed by atoms with Crippen molar-refractivity contribution in [3.63, 3.8) is 0 Å². The SMILES string of the molecule is Cc1c(Cl)c[c]c(O)c1[N+](=O)[O-]. The van der Waals surface area contributed by atoms with E-state index >= 15 is 0 Å². The third-order valence-corrected chi connectivity index (χ3v) is 1.85. The van der Waals surface area contributed by atoms with E-state index in [1.165, 1.54) is 13.0 Å². The minimum Gasteiger partial charge on any atom is -0.502 e. The largest absolute Gasteiger partial charge is 0.502 e. The molecule has 0 aliphatic rings. The summed E-state index contributed by atoms with van der Waals surface area (Å²) in [5.74, 6) is -0.484. The Labute approximate surface area is 73.5 Å². The number of nitro benzene ring substituents is 1. The number of phenols is 1. The third kappa shape index (κ3) is 1.33. The van der Waals surface area contributed by atoms with E-state index in [9.17, 15) is 10.1 Å². The van der Waals surface area contributed by atoms with Crippen molar-refractivity contribution in [2.24, 2.45) is 0 Å². The Morgan fingerprint density at radius 2 is 2.33 bits per heavy atom. The summed E-state index contributed by atoms with van der Waals surface area (Å²) < 4.78 is 0. The Morgan fingerprint density at radius 1 is 1.75 bits per heavy atom. The first-order chi connectivity index (χ1) is 5.54. The molecular formula is C7H5ClNO3. The van der Waals surface area contributed by atoms with Crippen LogP contribution < -0.4 is 0 Å². The number of aromatic hydroxyl groups is 1. The summed E-state index contributed by atoms with van der Waals surface area (Å²) >= 11 is 5.58. The number of hydrogen-bond donors (Lipinski definition) is 1. The topological polar surface area (TPSA) is 63.4 Å². The molecule has 1 radical (unpaired) electrons. The van der Waals surface area contributed by atoms with E-state index in [1.807, 2.05) is 0 Å². The molecule has 12 heavy (non-hydrogen) atoms. The van der Waals surface area contributed by atoms with Crippen LogP contribution >= 0.6 is 11.6 Å². The number of phenolic OH excluding ortho intramolecular Hbond substituents is 1. The van der Waals surface area contributed by atoms with Crippen LogP contribution in [-0.4, -0.2) is 10.0 Å². The summed E-state index contributed by atoms with van der Waals surface area (Å²) in [6, 6.07) is 3.56. The van der Waals surface area contributed by atoms with Crippen LogP contribution in [0.4, 0.5) is 5.69 Å². The van der Waals surface area contributed by atoms with E-state index in [0.29, 0.717) is 0 Å². The maximum Gasteiger partial charge on any atom is 0.315 e. The molecule has 0 heterocycles. The Balaban J connectivity index is 3.43. The van der Waals surface area contributed by atoms with Crippen LogP contribution in [0.3, 0.4) is 0 Å². The molecule has 1 rings (SSSR count). The lowest BCUT2D eigenvalue weighted by Gasteiger charge is -2.00. The fraction of sp³-hybridized carbons (Fsp3) is 0.143. The van der Waals surface area contributed by atoms with Crippen molar-refractivity contribution in [1.29, 1.82) is 0 Å². The summed E-state index contributed by atoms with van der Waals surface area (Å²) in [5.41, 5.74) is -0.139. The first-order valence-corrected chi connectivity index (χ1v) is 3.46. The van der Waals surface area contributed by atoms with Crippen molar-refractivity contribution in [2.75, 3.05) is 0 Å². The Kier molecular flexibility index (Phi) is 2.19. The molecule has 0 aliphatic heterocycles. The van der Waals surface area contributed by atoms with Crippen molar-refractivity contribution in [1.82, 2.24) is 0 Å². The molecule has 1 aromatic carbocycles. The van der Waals surface area contributed by atoms with Gasteiger partial charge in [-0.15, -0.1) is 0 Å². The van der Waals surface area contributed by atoms with Gasteiger partial charge in [0.25, 0.3) is 0 Å². The molecular weight excluding hydrogens is 182 g/mol. The normalized spacial score (nSPS) is 9.83. The second-order valence-corrected chi connectivity index (χ2v) is 2.62. The van der Waals surface area contributed by atoms with Crippen LogP contribution in [0.1, 0.15) is 5.56 Å². The minimum atomic E-state index is -0.687. The third-order valence-electron chi connectivity index (χ3n) is 1.46. The van der Waals surface area contributed by atoms with Crippen LogP contribution in [0.25, 0.3) is 0 Å². The molecule has 0 saturated carbocycles. The molecule has 4 nitrogen and oxygen atoms in total. The number of rotatable bonds is 1. The standard InChI is InChI=1S/C7H5ClNO3/c1-4-5(8)2-3-6(10)7(4)9(11)12/h2,10H,1H3. The predicted molar refractivity (Wildman–Crippen MR) is 43.3 cm³/mol. The van der Waals surface area contributed by atoms with Gasteiger partial charge in [-0.1, -0.05) is 11.6 Å². The van der Waals surface area contributed by atoms with Crippen LogP contribution in [0.15, 0.2) is 6.07 Å². The number of benzene rings is 1. The van der Waals surface area contributed by atoms with Gasteiger partial charge < -0.3 is 5.11 Å². The van der Waals surface area contributed by atoms with Crippen molar-refractivity contribution in [2.45, 2.75) is 6.92 Å². The number of halogens is 1. The molecule has 0 atom stereocenters. The molecule has 0 amide bonds. The van der Waals surface area contributed by atoms with E-state index in [2.05, 4.69) is 6.07 Å². The van der Waals surface area contributed by atoms with E-state index in [4.69, 9.17) is 16.7 Å². The molecule has 0 saturated heterocycles. The molecule has 0 spiro atoms. The van der Waals surface area contributed by atoms with Gasteiger partial charge in [0.05, 0.1) is 9.95 Å². The summed E-state index contributed by atoms with van der Waals surface area (Å²) in [4.78, 5) is 9.67. The number of hydrogen-bond acceptors (Lipinski definition) is 3. The Bertz CT molecular complexity index is 338. The Hall–Kier alpha value is -1.29. The highest BCUT2D eigenvalue weighted by atomic mass is 35.5. The van der Waals surface area contributed by atoms with E-state index < -0.39 is 10.7 Å². The van der Waals surface area contributed by atoms with E-state index in [0.717, 1.165) is 0 Å². The van der Waals surface area contributed by atoms with Crippen molar-refractivity contribution in [3.8, 4) is 5.75 Å². The zero-order valence-corrected chi connectivity index (χ0v) is 6.92. The highest BCUT2D eigenvalue weighted by molar-refractivity contribution is 6.31. The van der Waals surface area contributed by atoms with Gasteiger partial charge in [0.2, 0.25) is 5.75 Å². The first-order valence-electron chi connectivity index (χ1n) is 3.08. The van der Waals surface area contributed by atoms with Gasteiger partial charge in [-0.3, -0.25) is 10.1 Å². The summed E-state index contributed by atoms with van der Waals surface area (Å²) in [6.07, 6.45) is 0. The average molecular weight is 187 g/mol. The van der Waals surface area contributed by atoms with Gasteiger partial charge in [-0.25, -0.2) is 0 Å². The maximum atomic E-state index is 10.4. The van der Waals surface area contributed by atoms with Gasteiger partial charge in [-0.05, 0) is 13.0 Å². The smallest absolute Gasteiger partial charge is 0.315 e. The number of nitrogens with zero attached hydrogens (tertiary/aromatic N) is 1. The zero-order valence-electron chi connectivity index (χ0n) is 6.17. The highest BCUT2D eigenvalue weighted by Gasteiger charge is 2.18. The van der Waals surface area contributed by atoms with Crippen molar-refractivity contribution < 1.29 is 10.0 Å². The molecule has 1 N–H and O–H groups in total.